The van der Waals surface area contributed by atoms with Gasteiger partial charge in [-0.1, -0.05) is 6.07 Å². The van der Waals surface area contributed by atoms with Crippen molar-refractivity contribution in [3.05, 3.63) is 29.6 Å². The summed E-state index contributed by atoms with van der Waals surface area (Å²) in [7, 11) is 3.85. The van der Waals surface area contributed by atoms with Gasteiger partial charge in [0.2, 0.25) is 0 Å². The summed E-state index contributed by atoms with van der Waals surface area (Å²) in [6, 6.07) is 5.20. The normalized spacial score (nSPS) is 10.4. The summed E-state index contributed by atoms with van der Waals surface area (Å²) >= 11 is 0. The zero-order valence-corrected chi connectivity index (χ0v) is 9.68. The quantitative estimate of drug-likeness (QED) is 0.749. The number of benzene rings is 1. The van der Waals surface area contributed by atoms with Crippen molar-refractivity contribution in [2.24, 2.45) is 0 Å². The van der Waals surface area contributed by atoms with E-state index in [1.54, 1.807) is 6.07 Å². The Kier molecular flexibility index (Phi) is 4.56. The maximum atomic E-state index is 13.5. The highest BCUT2D eigenvalue weighted by atomic mass is 19.1. The van der Waals surface area contributed by atoms with Gasteiger partial charge in [-0.25, -0.2) is 4.39 Å². The minimum absolute atomic E-state index is 0.146. The van der Waals surface area contributed by atoms with Crippen LogP contribution in [0.5, 0.6) is 0 Å². The van der Waals surface area contributed by atoms with Crippen molar-refractivity contribution in [1.82, 2.24) is 5.32 Å². The van der Waals surface area contributed by atoms with Gasteiger partial charge >= 0.3 is 0 Å². The third-order valence-electron chi connectivity index (χ3n) is 2.43. The number of nitrogens with one attached hydrogen (secondary N) is 1. The first-order chi connectivity index (χ1) is 7.15. The molecule has 0 fully saturated rings. The largest absolute Gasteiger partial charge is 0.372 e. The van der Waals surface area contributed by atoms with Crippen molar-refractivity contribution in [3.8, 4) is 0 Å². The molecule has 3 heteroatoms. The highest BCUT2D eigenvalue weighted by Gasteiger charge is 2.06. The van der Waals surface area contributed by atoms with E-state index in [1.165, 1.54) is 6.07 Å². The topological polar surface area (TPSA) is 15.3 Å². The molecule has 0 amide bonds. The van der Waals surface area contributed by atoms with Gasteiger partial charge in [0.1, 0.15) is 5.82 Å². The van der Waals surface area contributed by atoms with E-state index in [0.29, 0.717) is 5.69 Å². The molecule has 0 bridgehead atoms. The molecule has 0 aromatic heterocycles. The molecule has 84 valence electrons. The Bertz CT molecular complexity index is 312. The van der Waals surface area contributed by atoms with Crippen LogP contribution in [0.25, 0.3) is 0 Å². The second-order valence-electron chi connectivity index (χ2n) is 3.83. The summed E-state index contributed by atoms with van der Waals surface area (Å²) in [6.07, 6.45) is 1.01. The second kappa shape index (κ2) is 5.71. The van der Waals surface area contributed by atoms with Gasteiger partial charge < -0.3 is 10.2 Å². The van der Waals surface area contributed by atoms with Crippen molar-refractivity contribution in [2.75, 3.05) is 32.1 Å². The summed E-state index contributed by atoms with van der Waals surface area (Å²) in [6.45, 7) is 3.80. The smallest absolute Gasteiger partial charge is 0.146 e. The molecule has 0 radical (unpaired) electrons. The van der Waals surface area contributed by atoms with Gasteiger partial charge in [0.05, 0.1) is 5.69 Å². The van der Waals surface area contributed by atoms with Crippen LogP contribution in [0.3, 0.4) is 0 Å². The molecular formula is C12H19FN2. The summed E-state index contributed by atoms with van der Waals surface area (Å²) in [5.41, 5.74) is 1.78. The number of hydrogen-bond donors (Lipinski definition) is 1. The van der Waals surface area contributed by atoms with Crippen LogP contribution in [0.1, 0.15) is 12.0 Å². The lowest BCUT2D eigenvalue weighted by Gasteiger charge is -2.20. The van der Waals surface area contributed by atoms with E-state index in [9.17, 15) is 4.39 Å². The molecule has 0 aliphatic rings. The molecule has 0 saturated heterocycles. The van der Waals surface area contributed by atoms with Gasteiger partial charge in [-0.2, -0.15) is 0 Å². The molecule has 0 heterocycles. The van der Waals surface area contributed by atoms with Crippen molar-refractivity contribution in [1.29, 1.82) is 0 Å². The maximum Gasteiger partial charge on any atom is 0.146 e. The van der Waals surface area contributed by atoms with Crippen LogP contribution in [-0.2, 0) is 0 Å². The van der Waals surface area contributed by atoms with Gasteiger partial charge in [-0.15, -0.1) is 0 Å². The van der Waals surface area contributed by atoms with Crippen LogP contribution in [0, 0.1) is 12.7 Å². The predicted molar refractivity (Wildman–Crippen MR) is 63.0 cm³/mol. The molecule has 1 rings (SSSR count). The summed E-state index contributed by atoms with van der Waals surface area (Å²) in [5.74, 6) is -0.146. The van der Waals surface area contributed by atoms with Crippen molar-refractivity contribution < 1.29 is 4.39 Å². The molecule has 0 aliphatic carbocycles. The molecule has 0 spiro atoms. The monoisotopic (exact) mass is 210 g/mol. The Labute approximate surface area is 91.1 Å². The lowest BCUT2D eigenvalue weighted by atomic mass is 10.2. The highest BCUT2D eigenvalue weighted by molar-refractivity contribution is 5.49. The van der Waals surface area contributed by atoms with Crippen molar-refractivity contribution in [2.45, 2.75) is 13.3 Å². The number of nitrogens with zero attached hydrogens (tertiary/aromatic N) is 1. The summed E-state index contributed by atoms with van der Waals surface area (Å²) < 4.78 is 13.5. The van der Waals surface area contributed by atoms with E-state index in [-0.39, 0.29) is 5.82 Å². The van der Waals surface area contributed by atoms with E-state index in [1.807, 2.05) is 32.0 Å². The molecule has 1 aromatic carbocycles. The van der Waals surface area contributed by atoms with Gasteiger partial charge in [0, 0.05) is 13.6 Å². The van der Waals surface area contributed by atoms with Crippen LogP contribution in [0.15, 0.2) is 18.2 Å². The summed E-state index contributed by atoms with van der Waals surface area (Å²) in [4.78, 5) is 1.96. The van der Waals surface area contributed by atoms with Gasteiger partial charge in [0.15, 0.2) is 0 Å². The van der Waals surface area contributed by atoms with Crippen molar-refractivity contribution >= 4 is 5.69 Å². The van der Waals surface area contributed by atoms with Crippen molar-refractivity contribution in [3.63, 3.8) is 0 Å². The zero-order chi connectivity index (χ0) is 11.3. The first-order valence-electron chi connectivity index (χ1n) is 5.27. The van der Waals surface area contributed by atoms with Crippen LogP contribution in [0.2, 0.25) is 0 Å². The SMILES string of the molecule is CNCCCN(C)c1cc(C)ccc1F. The molecule has 0 aliphatic heterocycles. The molecule has 1 N–H and O–H groups in total. The van der Waals surface area contributed by atoms with Gasteiger partial charge in [-0.3, -0.25) is 0 Å². The third kappa shape index (κ3) is 3.51. The number of hydrogen-bond acceptors (Lipinski definition) is 2. The third-order valence-corrected chi connectivity index (χ3v) is 2.43. The van der Waals surface area contributed by atoms with Crippen LogP contribution < -0.4 is 10.2 Å². The summed E-state index contributed by atoms with van der Waals surface area (Å²) in [5, 5.41) is 3.08. The molecule has 1 aromatic rings. The molecule has 0 unspecified atom stereocenters. The Morgan fingerprint density at radius 2 is 2.13 bits per heavy atom. The second-order valence-corrected chi connectivity index (χ2v) is 3.83. The van der Waals surface area contributed by atoms with Gasteiger partial charge in [-0.05, 0) is 44.6 Å². The standard InChI is InChI=1S/C12H19FN2/c1-10-5-6-11(13)12(9-10)15(3)8-4-7-14-2/h5-6,9,14H,4,7-8H2,1-3H3. The van der Waals surface area contributed by atoms with Crippen LogP contribution in [0.4, 0.5) is 10.1 Å². The Morgan fingerprint density at radius 1 is 1.40 bits per heavy atom. The Morgan fingerprint density at radius 3 is 2.80 bits per heavy atom. The minimum atomic E-state index is -0.146. The van der Waals surface area contributed by atoms with E-state index in [4.69, 9.17) is 0 Å². The molecule has 15 heavy (non-hydrogen) atoms. The highest BCUT2D eigenvalue weighted by Crippen LogP contribution is 2.19. The fraction of sp³-hybridized carbons (Fsp3) is 0.500. The maximum absolute atomic E-state index is 13.5. The minimum Gasteiger partial charge on any atom is -0.372 e. The number of aryl methyl sites for hydroxylation is 1. The molecule has 2 nitrogen and oxygen atoms in total. The molecule has 0 atom stereocenters. The van der Waals surface area contributed by atoms with E-state index in [0.717, 1.165) is 25.1 Å². The Hall–Kier alpha value is -1.09. The average Bonchev–Trinajstić information content (AvgIpc) is 2.22. The molecular weight excluding hydrogens is 191 g/mol. The number of rotatable bonds is 5. The predicted octanol–water partition coefficient (Wildman–Crippen LogP) is 2.18. The Balaban J connectivity index is 2.64. The first kappa shape index (κ1) is 12.0. The first-order valence-corrected chi connectivity index (χ1v) is 5.27. The van der Waals surface area contributed by atoms with E-state index in [2.05, 4.69) is 5.32 Å². The van der Waals surface area contributed by atoms with Crippen LogP contribution in [-0.4, -0.2) is 27.2 Å². The fourth-order valence-electron chi connectivity index (χ4n) is 1.53. The molecule has 0 saturated carbocycles. The number of halogens is 1. The number of anilines is 1. The lowest BCUT2D eigenvalue weighted by Crippen LogP contribution is -2.23. The van der Waals surface area contributed by atoms with E-state index < -0.39 is 0 Å². The average molecular weight is 210 g/mol. The van der Waals surface area contributed by atoms with Crippen LogP contribution >= 0.6 is 0 Å². The zero-order valence-electron chi connectivity index (χ0n) is 9.68. The van der Waals surface area contributed by atoms with E-state index >= 15 is 0 Å². The van der Waals surface area contributed by atoms with Gasteiger partial charge in [0.25, 0.3) is 0 Å². The fourth-order valence-corrected chi connectivity index (χ4v) is 1.53. The lowest BCUT2D eigenvalue weighted by molar-refractivity contribution is 0.618.